The minimum Gasteiger partial charge on any atom is -0.394 e. The van der Waals surface area contributed by atoms with Crippen LogP contribution in [-0.4, -0.2) is 34.9 Å². The van der Waals surface area contributed by atoms with Gasteiger partial charge in [0.2, 0.25) is 5.91 Å². The van der Waals surface area contributed by atoms with Crippen LogP contribution in [0.15, 0.2) is 0 Å². The van der Waals surface area contributed by atoms with Crippen molar-refractivity contribution in [1.82, 2.24) is 5.32 Å². The molecule has 0 aliphatic heterocycles. The maximum atomic E-state index is 12.5. The molecule has 0 bridgehead atoms. The predicted octanol–water partition coefficient (Wildman–Crippen LogP) is 17.6. The van der Waals surface area contributed by atoms with Gasteiger partial charge in [0.25, 0.3) is 0 Å². The summed E-state index contributed by atoms with van der Waals surface area (Å²) >= 11 is 0. The number of hydrogen-bond acceptors (Lipinski definition) is 3. The maximum Gasteiger partial charge on any atom is 0.220 e. The van der Waals surface area contributed by atoms with Gasteiger partial charge in [-0.3, -0.25) is 4.79 Å². The number of amides is 1. The van der Waals surface area contributed by atoms with Crippen LogP contribution in [0, 0.1) is 0 Å². The fourth-order valence-corrected chi connectivity index (χ4v) is 8.95. The van der Waals surface area contributed by atoms with E-state index in [1.807, 2.05) is 0 Å². The summed E-state index contributed by atoms with van der Waals surface area (Å²) in [4.78, 5) is 12.5. The van der Waals surface area contributed by atoms with Crippen molar-refractivity contribution in [2.45, 2.75) is 334 Å². The summed E-state index contributed by atoms with van der Waals surface area (Å²) in [6.45, 7) is 4.40. The van der Waals surface area contributed by atoms with Gasteiger partial charge in [-0.1, -0.05) is 303 Å². The monoisotopic (exact) mass is 820 g/mol. The van der Waals surface area contributed by atoms with E-state index >= 15 is 0 Å². The molecule has 4 heteroatoms. The number of hydrogen-bond donors (Lipinski definition) is 3. The highest BCUT2D eigenvalue weighted by atomic mass is 16.3. The van der Waals surface area contributed by atoms with E-state index in [9.17, 15) is 15.0 Å². The van der Waals surface area contributed by atoms with Crippen LogP contribution in [0.25, 0.3) is 0 Å². The highest BCUT2D eigenvalue weighted by Crippen LogP contribution is 2.18. The van der Waals surface area contributed by atoms with Crippen LogP contribution < -0.4 is 5.32 Å². The third kappa shape index (κ3) is 46.5. The van der Waals surface area contributed by atoms with Crippen molar-refractivity contribution in [3.8, 4) is 0 Å². The highest BCUT2D eigenvalue weighted by molar-refractivity contribution is 5.76. The quantitative estimate of drug-likeness (QED) is 0.0536. The van der Waals surface area contributed by atoms with Gasteiger partial charge in [0.05, 0.1) is 18.8 Å². The van der Waals surface area contributed by atoms with Crippen LogP contribution in [0.5, 0.6) is 0 Å². The zero-order valence-electron chi connectivity index (χ0n) is 40.1. The third-order valence-corrected chi connectivity index (χ3v) is 13.1. The lowest BCUT2D eigenvalue weighted by atomic mass is 10.0. The van der Waals surface area contributed by atoms with E-state index in [1.165, 1.54) is 270 Å². The zero-order chi connectivity index (χ0) is 42.1. The molecular formula is C54H109NO3. The predicted molar refractivity (Wildman–Crippen MR) is 258 cm³/mol. The second kappa shape index (κ2) is 50.7. The minimum atomic E-state index is -0.653. The highest BCUT2D eigenvalue weighted by Gasteiger charge is 2.20. The number of carbonyl (C=O) groups excluding carboxylic acids is 1. The first-order valence-corrected chi connectivity index (χ1v) is 27.2. The van der Waals surface area contributed by atoms with Gasteiger partial charge in [-0.25, -0.2) is 0 Å². The van der Waals surface area contributed by atoms with Crippen LogP contribution in [-0.2, 0) is 4.79 Å². The molecule has 0 saturated carbocycles. The Kier molecular flexibility index (Phi) is 50.2. The van der Waals surface area contributed by atoms with Crippen molar-refractivity contribution in [2.24, 2.45) is 0 Å². The molecule has 3 N–H and O–H groups in total. The molecule has 0 spiro atoms. The Morgan fingerprint density at radius 2 is 0.552 bits per heavy atom. The molecule has 0 rings (SSSR count). The molecule has 58 heavy (non-hydrogen) atoms. The smallest absolute Gasteiger partial charge is 0.220 e. The second-order valence-electron chi connectivity index (χ2n) is 19.0. The van der Waals surface area contributed by atoms with Crippen molar-refractivity contribution < 1.29 is 15.0 Å². The summed E-state index contributed by atoms with van der Waals surface area (Å²) < 4.78 is 0. The molecule has 0 aromatic carbocycles. The van der Waals surface area contributed by atoms with E-state index in [0.29, 0.717) is 12.8 Å². The van der Waals surface area contributed by atoms with Crippen molar-refractivity contribution >= 4 is 5.91 Å². The summed E-state index contributed by atoms with van der Waals surface area (Å²) in [7, 11) is 0. The molecular weight excluding hydrogens is 711 g/mol. The number of carbonyl (C=O) groups is 1. The first kappa shape index (κ1) is 57.4. The van der Waals surface area contributed by atoms with E-state index in [2.05, 4.69) is 19.2 Å². The summed E-state index contributed by atoms with van der Waals surface area (Å²) in [6.07, 6.45) is 63.8. The molecule has 0 radical (unpaired) electrons. The molecule has 0 aliphatic carbocycles. The topological polar surface area (TPSA) is 69.6 Å². The number of rotatable bonds is 51. The number of aliphatic hydroxyl groups is 2. The molecule has 0 aromatic heterocycles. The molecule has 0 heterocycles. The largest absolute Gasteiger partial charge is 0.394 e. The first-order chi connectivity index (χ1) is 28.7. The molecule has 0 aliphatic rings. The van der Waals surface area contributed by atoms with E-state index in [1.54, 1.807) is 0 Å². The van der Waals surface area contributed by atoms with Crippen LogP contribution in [0.1, 0.15) is 322 Å². The lowest BCUT2D eigenvalue weighted by Crippen LogP contribution is -2.45. The lowest BCUT2D eigenvalue weighted by Gasteiger charge is -2.22. The second-order valence-corrected chi connectivity index (χ2v) is 19.0. The summed E-state index contributed by atoms with van der Waals surface area (Å²) in [6, 6.07) is -0.530. The molecule has 0 fully saturated rings. The number of aliphatic hydroxyl groups excluding tert-OH is 2. The Labute approximate surface area is 365 Å². The maximum absolute atomic E-state index is 12.5. The van der Waals surface area contributed by atoms with Gasteiger partial charge in [-0.2, -0.15) is 0 Å². The number of unbranched alkanes of at least 4 members (excludes halogenated alkanes) is 44. The van der Waals surface area contributed by atoms with Crippen LogP contribution >= 0.6 is 0 Å². The average Bonchev–Trinajstić information content (AvgIpc) is 3.23. The van der Waals surface area contributed by atoms with Crippen molar-refractivity contribution in [3.05, 3.63) is 0 Å². The van der Waals surface area contributed by atoms with Crippen molar-refractivity contribution in [2.75, 3.05) is 6.61 Å². The Morgan fingerprint density at radius 3 is 0.776 bits per heavy atom. The van der Waals surface area contributed by atoms with Gasteiger partial charge in [-0.15, -0.1) is 0 Å². The summed E-state index contributed by atoms with van der Waals surface area (Å²) in [5.41, 5.74) is 0. The van der Waals surface area contributed by atoms with Gasteiger partial charge >= 0.3 is 0 Å². The first-order valence-electron chi connectivity index (χ1n) is 27.2. The van der Waals surface area contributed by atoms with Crippen LogP contribution in [0.4, 0.5) is 0 Å². The standard InChI is InChI=1S/C54H109NO3/c1-3-5-7-9-11-13-15-17-19-20-21-22-23-24-25-26-27-28-29-30-31-32-33-34-36-38-40-42-44-46-48-50-54(58)55-52(51-56)53(57)49-47-45-43-41-39-37-35-18-16-14-12-10-8-6-4-2/h52-53,56-57H,3-51H2,1-2H3,(H,55,58)/t52-,53+/m0/s1. The SMILES string of the molecule is CCCCCCCCCCCCCCCCCCCCCCCCCCCCCCCCCC(=O)N[C@@H](CO)[C@H](O)CCCCCCCCCCCCCCCCC. The van der Waals surface area contributed by atoms with E-state index < -0.39 is 12.1 Å². The normalized spacial score (nSPS) is 12.7. The fraction of sp³-hybridized carbons (Fsp3) is 0.981. The fourth-order valence-electron chi connectivity index (χ4n) is 8.95. The third-order valence-electron chi connectivity index (χ3n) is 13.1. The Bertz CT molecular complexity index is 759. The Morgan fingerprint density at radius 1 is 0.345 bits per heavy atom. The molecule has 2 atom stereocenters. The summed E-state index contributed by atoms with van der Waals surface area (Å²) in [5.74, 6) is -0.0232. The van der Waals surface area contributed by atoms with Gasteiger partial charge < -0.3 is 15.5 Å². The molecule has 1 amide bonds. The van der Waals surface area contributed by atoms with Crippen molar-refractivity contribution in [1.29, 1.82) is 0 Å². The zero-order valence-corrected chi connectivity index (χ0v) is 40.1. The molecule has 0 saturated heterocycles. The molecule has 348 valence electrons. The van der Waals surface area contributed by atoms with Gasteiger partial charge in [0.1, 0.15) is 0 Å². The van der Waals surface area contributed by atoms with Gasteiger partial charge in [-0.05, 0) is 12.8 Å². The van der Waals surface area contributed by atoms with E-state index in [4.69, 9.17) is 0 Å². The lowest BCUT2D eigenvalue weighted by molar-refractivity contribution is -0.123. The van der Waals surface area contributed by atoms with E-state index in [-0.39, 0.29) is 12.5 Å². The molecule has 0 unspecified atom stereocenters. The van der Waals surface area contributed by atoms with Crippen molar-refractivity contribution in [3.63, 3.8) is 0 Å². The van der Waals surface area contributed by atoms with Crippen LogP contribution in [0.3, 0.4) is 0 Å². The summed E-state index contributed by atoms with van der Waals surface area (Å²) in [5, 5.41) is 23.3. The number of nitrogens with one attached hydrogen (secondary N) is 1. The van der Waals surface area contributed by atoms with E-state index in [0.717, 1.165) is 25.7 Å². The Hall–Kier alpha value is -0.610. The van der Waals surface area contributed by atoms with Crippen LogP contribution in [0.2, 0.25) is 0 Å². The molecule has 4 nitrogen and oxygen atoms in total. The Balaban J connectivity index is 3.36. The minimum absolute atomic E-state index is 0.0232. The van der Waals surface area contributed by atoms with Gasteiger partial charge in [0, 0.05) is 6.42 Å². The molecule has 0 aromatic rings. The average molecular weight is 820 g/mol. The van der Waals surface area contributed by atoms with Gasteiger partial charge in [0.15, 0.2) is 0 Å².